The maximum Gasteiger partial charge on any atom is 0.295 e. The van der Waals surface area contributed by atoms with E-state index in [1.807, 2.05) is 47.2 Å². The monoisotopic (exact) mass is 504 g/mol. The zero-order valence-corrected chi connectivity index (χ0v) is 19.8. The second-order valence-corrected chi connectivity index (χ2v) is 8.68. The van der Waals surface area contributed by atoms with Gasteiger partial charge >= 0.3 is 0 Å². The number of benzene rings is 1. The first kappa shape index (κ1) is 22.7. The summed E-state index contributed by atoms with van der Waals surface area (Å²) in [5.74, 6) is -1.14. The summed E-state index contributed by atoms with van der Waals surface area (Å²) in [6, 6.07) is 11.5. The lowest BCUT2D eigenvalue weighted by molar-refractivity contribution is -0.127. The van der Waals surface area contributed by atoms with Gasteiger partial charge in [0, 0.05) is 45.7 Å². The molecule has 0 atom stereocenters. The molecule has 4 aromatic rings. The number of amides is 1. The molecular formula is C24H25FN10O2. The van der Waals surface area contributed by atoms with Crippen LogP contribution in [0.15, 0.2) is 60.1 Å². The number of rotatable bonds is 4. The molecule has 1 fully saturated rings. The number of carbonyl (C=O) groups excluding carboxylic acids is 2. The number of aryl methyl sites for hydroxylation is 1. The number of aromatic nitrogens is 4. The normalized spacial score (nSPS) is 15.7. The molecule has 13 heteroatoms. The zero-order valence-electron chi connectivity index (χ0n) is 19.8. The number of halogens is 1. The van der Waals surface area contributed by atoms with Crippen molar-refractivity contribution in [1.29, 1.82) is 0 Å². The number of guanidine groups is 1. The van der Waals surface area contributed by atoms with Crippen LogP contribution in [-0.4, -0.2) is 73.4 Å². The third-order valence-corrected chi connectivity index (χ3v) is 6.50. The molecule has 0 unspecified atom stereocenters. The van der Waals surface area contributed by atoms with Crippen LogP contribution in [0.25, 0.3) is 16.7 Å². The summed E-state index contributed by atoms with van der Waals surface area (Å²) in [5, 5.41) is 10.4. The Morgan fingerprint density at radius 1 is 1.08 bits per heavy atom. The maximum atomic E-state index is 14.8. The molecular weight excluding hydrogens is 479 g/mol. The average Bonchev–Trinajstić information content (AvgIpc) is 3.69. The smallest absolute Gasteiger partial charge is 0.295 e. The topological polar surface area (TPSA) is 127 Å². The fourth-order valence-corrected chi connectivity index (χ4v) is 4.59. The van der Waals surface area contributed by atoms with Crippen LogP contribution in [0.1, 0.15) is 17.5 Å². The number of hydrazine groups is 2. The number of hydrogen-bond donors (Lipinski definition) is 3. The fourth-order valence-electron chi connectivity index (χ4n) is 4.59. The molecule has 1 aromatic carbocycles. The third-order valence-electron chi connectivity index (χ3n) is 6.50. The molecule has 5 heterocycles. The molecule has 0 aliphatic carbocycles. The van der Waals surface area contributed by atoms with Gasteiger partial charge in [-0.05, 0) is 25.1 Å². The van der Waals surface area contributed by atoms with Gasteiger partial charge in [0.1, 0.15) is 0 Å². The van der Waals surface area contributed by atoms with Crippen LogP contribution in [0.5, 0.6) is 0 Å². The Labute approximate surface area is 211 Å². The Balaban J connectivity index is 0.00000294. The van der Waals surface area contributed by atoms with Crippen LogP contribution in [-0.2, 0) is 4.79 Å². The van der Waals surface area contributed by atoms with Gasteiger partial charge in [-0.15, -0.1) is 10.6 Å². The van der Waals surface area contributed by atoms with Crippen molar-refractivity contribution in [3.8, 4) is 5.82 Å². The van der Waals surface area contributed by atoms with E-state index in [4.69, 9.17) is 0 Å². The first-order chi connectivity index (χ1) is 18.0. The maximum absolute atomic E-state index is 14.8. The van der Waals surface area contributed by atoms with E-state index in [1.165, 1.54) is 11.1 Å². The standard InChI is InChI=1S/C24H23FN10O2.H2/c1-15-7-8-28-34(15)22-20-19(18(25)14-27-22)17(13-26-20)21(36)23(37)32-9-11-33(12-10-32)24-29-30-31-35(24)16-5-3-2-4-6-16;/h2-8,13-14,26,30-31H,9-12H2,1H3;1H. The molecule has 2 aliphatic heterocycles. The van der Waals surface area contributed by atoms with Crippen molar-refractivity contribution in [3.63, 3.8) is 0 Å². The van der Waals surface area contributed by atoms with Crippen molar-refractivity contribution in [3.05, 3.63) is 72.1 Å². The molecule has 2 aliphatic rings. The minimum Gasteiger partial charge on any atom is -0.357 e. The first-order valence-electron chi connectivity index (χ1n) is 11.7. The molecule has 190 valence electrons. The number of anilines is 1. The number of nitrogens with one attached hydrogen (secondary N) is 3. The number of nitrogens with zero attached hydrogens (tertiary/aromatic N) is 7. The highest BCUT2D eigenvalue weighted by Gasteiger charge is 2.33. The lowest BCUT2D eigenvalue weighted by Crippen LogP contribution is -2.56. The van der Waals surface area contributed by atoms with Crippen molar-refractivity contribution < 1.29 is 15.4 Å². The number of para-hydroxylation sites is 1. The van der Waals surface area contributed by atoms with Gasteiger partial charge in [-0.25, -0.2) is 24.6 Å². The van der Waals surface area contributed by atoms with Gasteiger partial charge in [0.25, 0.3) is 11.7 Å². The first-order valence-corrected chi connectivity index (χ1v) is 11.7. The SMILES string of the molecule is Cc1ccnn1-c1ncc(F)c2c(C(=O)C(=O)N3CCN(C4=NNNN4c4ccccc4)CC3)c[nH]c12.[HH]. The molecule has 1 saturated heterocycles. The highest BCUT2D eigenvalue weighted by atomic mass is 19.1. The number of aromatic amines is 1. The van der Waals surface area contributed by atoms with Gasteiger partial charge in [-0.1, -0.05) is 18.2 Å². The molecule has 12 nitrogen and oxygen atoms in total. The number of hydrogen-bond acceptors (Lipinski definition) is 9. The summed E-state index contributed by atoms with van der Waals surface area (Å²) in [4.78, 5) is 36.9. The number of Topliss-reactive ketones (excluding diaryl/α,β-unsaturated/α-hetero) is 1. The summed E-state index contributed by atoms with van der Waals surface area (Å²) in [7, 11) is 0. The number of piperazine rings is 1. The Morgan fingerprint density at radius 3 is 2.59 bits per heavy atom. The van der Waals surface area contributed by atoms with E-state index in [-0.39, 0.29) is 12.4 Å². The molecule has 1 amide bonds. The van der Waals surface area contributed by atoms with Gasteiger partial charge < -0.3 is 14.8 Å². The number of carbonyl (C=O) groups is 2. The Hall–Kier alpha value is -4.78. The van der Waals surface area contributed by atoms with Crippen molar-refractivity contribution in [2.24, 2.45) is 5.10 Å². The average molecular weight is 505 g/mol. The van der Waals surface area contributed by atoms with Crippen molar-refractivity contribution in [1.82, 2.24) is 40.6 Å². The third kappa shape index (κ3) is 3.85. The predicted molar refractivity (Wildman–Crippen MR) is 135 cm³/mol. The van der Waals surface area contributed by atoms with Crippen LogP contribution in [0, 0.1) is 12.7 Å². The van der Waals surface area contributed by atoms with Gasteiger partial charge in [-0.2, -0.15) is 5.10 Å². The second kappa shape index (κ2) is 9.02. The number of ketones is 1. The lowest BCUT2D eigenvalue weighted by atomic mass is 10.1. The number of fused-ring (bicyclic) bond motifs is 1. The van der Waals surface area contributed by atoms with E-state index in [0.29, 0.717) is 43.5 Å². The second-order valence-electron chi connectivity index (χ2n) is 8.68. The van der Waals surface area contributed by atoms with Gasteiger partial charge in [0.2, 0.25) is 5.96 Å². The van der Waals surface area contributed by atoms with Gasteiger partial charge in [0.15, 0.2) is 11.6 Å². The van der Waals surface area contributed by atoms with Crippen LogP contribution >= 0.6 is 0 Å². The van der Waals surface area contributed by atoms with E-state index in [9.17, 15) is 14.0 Å². The molecule has 3 aromatic heterocycles. The zero-order chi connectivity index (χ0) is 25.5. The van der Waals surface area contributed by atoms with E-state index in [2.05, 4.69) is 31.2 Å². The van der Waals surface area contributed by atoms with E-state index in [1.54, 1.807) is 16.9 Å². The highest BCUT2D eigenvalue weighted by molar-refractivity contribution is 6.45. The van der Waals surface area contributed by atoms with Crippen LogP contribution < -0.4 is 16.1 Å². The number of pyridine rings is 1. The summed E-state index contributed by atoms with van der Waals surface area (Å²) in [5.41, 5.74) is 7.71. The minimum absolute atomic E-state index is 0. The molecule has 3 N–H and O–H groups in total. The number of hydrazone groups is 1. The molecule has 0 saturated carbocycles. The van der Waals surface area contributed by atoms with Crippen molar-refractivity contribution in [2.45, 2.75) is 6.92 Å². The van der Waals surface area contributed by atoms with Crippen LogP contribution in [0.4, 0.5) is 10.1 Å². The summed E-state index contributed by atoms with van der Waals surface area (Å²) in [6.45, 7) is 3.41. The van der Waals surface area contributed by atoms with Crippen molar-refractivity contribution in [2.75, 3.05) is 31.2 Å². The number of H-pyrrole nitrogens is 1. The van der Waals surface area contributed by atoms with E-state index >= 15 is 0 Å². The molecule has 0 radical (unpaired) electrons. The Bertz CT molecular complexity index is 1530. The van der Waals surface area contributed by atoms with Crippen molar-refractivity contribution >= 4 is 34.2 Å². The predicted octanol–water partition coefficient (Wildman–Crippen LogP) is 1.57. The summed E-state index contributed by atoms with van der Waals surface area (Å²) in [6.07, 6.45) is 4.00. The summed E-state index contributed by atoms with van der Waals surface area (Å²) >= 11 is 0. The molecule has 0 spiro atoms. The largest absolute Gasteiger partial charge is 0.357 e. The molecule has 37 heavy (non-hydrogen) atoms. The van der Waals surface area contributed by atoms with Gasteiger partial charge in [-0.3, -0.25) is 9.59 Å². The van der Waals surface area contributed by atoms with Crippen LogP contribution in [0.2, 0.25) is 0 Å². The highest BCUT2D eigenvalue weighted by Crippen LogP contribution is 2.27. The Morgan fingerprint density at radius 2 is 1.86 bits per heavy atom. The Kier molecular flexibility index (Phi) is 5.53. The fraction of sp³-hybridized carbons (Fsp3) is 0.208. The van der Waals surface area contributed by atoms with Crippen LogP contribution in [0.3, 0.4) is 0 Å². The van der Waals surface area contributed by atoms with E-state index in [0.717, 1.165) is 17.6 Å². The van der Waals surface area contributed by atoms with E-state index < -0.39 is 17.5 Å². The summed E-state index contributed by atoms with van der Waals surface area (Å²) < 4.78 is 16.4. The molecule has 6 rings (SSSR count). The van der Waals surface area contributed by atoms with Gasteiger partial charge in [0.05, 0.1) is 28.4 Å². The lowest BCUT2D eigenvalue weighted by Gasteiger charge is -2.37. The molecule has 0 bridgehead atoms. The quantitative estimate of drug-likeness (QED) is 0.282. The minimum atomic E-state index is -0.777.